The Labute approximate surface area is 172 Å². The third kappa shape index (κ3) is 4.88. The molecule has 1 saturated heterocycles. The molecule has 2 aromatic rings. The van der Waals surface area contributed by atoms with E-state index in [0.717, 1.165) is 20.1 Å². The lowest BCUT2D eigenvalue weighted by molar-refractivity contribution is -0.122. The van der Waals surface area contributed by atoms with Gasteiger partial charge in [0.2, 0.25) is 17.7 Å². The maximum Gasteiger partial charge on any atom is 0.231 e. The molecule has 0 bridgehead atoms. The highest BCUT2D eigenvalue weighted by atomic mass is 79.9. The number of primary amides is 1. The van der Waals surface area contributed by atoms with Crippen LogP contribution in [-0.2, 0) is 14.4 Å². The molecule has 3 N–H and O–H groups in total. The van der Waals surface area contributed by atoms with E-state index in [0.29, 0.717) is 11.7 Å². The number of aryl methyl sites for hydroxylation is 1. The first-order valence-electron chi connectivity index (χ1n) is 8.09. The highest BCUT2D eigenvalue weighted by Crippen LogP contribution is 2.33. The van der Waals surface area contributed by atoms with Crippen LogP contribution in [0.2, 0.25) is 0 Å². The molecular weight excluding hydrogens is 452 g/mol. The number of nitrogens with two attached hydrogens (primary N) is 1. The van der Waals surface area contributed by atoms with Gasteiger partial charge in [0.05, 0.1) is 21.6 Å². The van der Waals surface area contributed by atoms with Crippen LogP contribution in [0.4, 0.5) is 10.8 Å². The number of nitrogens with zero attached hydrogens (tertiary/aromatic N) is 2. The molecule has 0 aliphatic carbocycles. The van der Waals surface area contributed by atoms with Crippen molar-refractivity contribution in [3.05, 3.63) is 34.4 Å². The number of hydrogen-bond donors (Lipinski definition) is 2. The van der Waals surface area contributed by atoms with Crippen molar-refractivity contribution in [2.24, 2.45) is 11.7 Å². The average Bonchev–Trinajstić information content (AvgIpc) is 3.16. The van der Waals surface area contributed by atoms with Crippen LogP contribution in [0.25, 0.3) is 0 Å². The maximum atomic E-state index is 12.6. The van der Waals surface area contributed by atoms with Crippen molar-refractivity contribution >= 4 is 67.6 Å². The summed E-state index contributed by atoms with van der Waals surface area (Å²) in [5, 5.41) is 3.24. The number of benzene rings is 1. The largest absolute Gasteiger partial charge is 0.369 e. The Morgan fingerprint density at radius 1 is 1.41 bits per heavy atom. The van der Waals surface area contributed by atoms with Gasteiger partial charge in [0.1, 0.15) is 0 Å². The first-order valence-corrected chi connectivity index (χ1v) is 10.7. The molecule has 2 heterocycles. The van der Waals surface area contributed by atoms with Gasteiger partial charge in [-0.25, -0.2) is 4.98 Å². The summed E-state index contributed by atoms with van der Waals surface area (Å²) in [5.74, 6) is -0.994. The normalized spacial score (nSPS) is 16.6. The molecule has 1 fully saturated rings. The second-order valence-electron chi connectivity index (χ2n) is 6.02. The van der Waals surface area contributed by atoms with Crippen LogP contribution < -0.4 is 16.0 Å². The van der Waals surface area contributed by atoms with E-state index in [-0.39, 0.29) is 24.0 Å². The lowest BCUT2D eigenvalue weighted by atomic mass is 10.1. The summed E-state index contributed by atoms with van der Waals surface area (Å²) in [5.41, 5.74) is 6.67. The van der Waals surface area contributed by atoms with Crippen molar-refractivity contribution in [3.63, 3.8) is 0 Å². The number of nitrogens with one attached hydrogen (secondary N) is 1. The monoisotopic (exact) mass is 468 g/mol. The molecule has 3 rings (SSSR count). The number of thiazole rings is 1. The number of thioether (sulfide) groups is 1. The van der Waals surface area contributed by atoms with Crippen LogP contribution in [0.3, 0.4) is 0 Å². The minimum absolute atomic E-state index is 0.0782. The number of anilines is 2. The summed E-state index contributed by atoms with van der Waals surface area (Å²) in [7, 11) is 0. The second-order valence-corrected chi connectivity index (χ2v) is 9.18. The minimum Gasteiger partial charge on any atom is -0.369 e. The molecule has 1 aliphatic heterocycles. The Bertz CT molecular complexity index is 885. The van der Waals surface area contributed by atoms with Crippen LogP contribution in [0.1, 0.15) is 12.1 Å². The van der Waals surface area contributed by atoms with Gasteiger partial charge in [0.15, 0.2) is 5.13 Å². The molecule has 0 radical (unpaired) electrons. The van der Waals surface area contributed by atoms with E-state index in [1.807, 2.05) is 31.2 Å². The highest BCUT2D eigenvalue weighted by molar-refractivity contribution is 9.10. The number of aromatic nitrogens is 1. The Kier molecular flexibility index (Phi) is 6.18. The Balaban J connectivity index is 1.63. The van der Waals surface area contributed by atoms with Gasteiger partial charge in [0.25, 0.3) is 0 Å². The van der Waals surface area contributed by atoms with E-state index in [1.165, 1.54) is 23.1 Å². The van der Waals surface area contributed by atoms with Gasteiger partial charge in [-0.1, -0.05) is 27.3 Å². The van der Waals surface area contributed by atoms with Crippen molar-refractivity contribution in [1.82, 2.24) is 4.98 Å². The smallest absolute Gasteiger partial charge is 0.231 e. The third-order valence-electron chi connectivity index (χ3n) is 3.96. The molecule has 0 unspecified atom stereocenters. The highest BCUT2D eigenvalue weighted by Gasteiger charge is 2.35. The number of hydrogen-bond acceptors (Lipinski definition) is 6. The van der Waals surface area contributed by atoms with Gasteiger partial charge < -0.3 is 16.0 Å². The number of amides is 3. The quantitative estimate of drug-likeness (QED) is 0.633. The summed E-state index contributed by atoms with van der Waals surface area (Å²) < 4.78 is 1.76. The lowest BCUT2D eigenvalue weighted by Crippen LogP contribution is -2.28. The molecule has 0 spiro atoms. The molecule has 1 aromatic heterocycles. The van der Waals surface area contributed by atoms with Crippen molar-refractivity contribution in [2.45, 2.75) is 17.6 Å². The van der Waals surface area contributed by atoms with E-state index in [4.69, 9.17) is 5.73 Å². The van der Waals surface area contributed by atoms with Gasteiger partial charge in [-0.3, -0.25) is 14.4 Å². The number of carbonyl (C=O) groups is 3. The van der Waals surface area contributed by atoms with Crippen LogP contribution in [0.15, 0.2) is 32.9 Å². The van der Waals surface area contributed by atoms with E-state index < -0.39 is 11.8 Å². The van der Waals surface area contributed by atoms with Crippen molar-refractivity contribution in [1.29, 1.82) is 0 Å². The maximum absolute atomic E-state index is 12.6. The number of rotatable bonds is 6. The van der Waals surface area contributed by atoms with Crippen molar-refractivity contribution < 1.29 is 14.4 Å². The fourth-order valence-corrected chi connectivity index (χ4v) is 4.81. The fraction of sp³-hybridized carbons (Fsp3) is 0.294. The van der Waals surface area contributed by atoms with Gasteiger partial charge in [0, 0.05) is 23.1 Å². The predicted octanol–water partition coefficient (Wildman–Crippen LogP) is 2.78. The molecule has 7 nitrogen and oxygen atoms in total. The molecule has 3 amide bonds. The fourth-order valence-electron chi connectivity index (χ4n) is 2.67. The van der Waals surface area contributed by atoms with E-state index in [1.54, 1.807) is 4.90 Å². The van der Waals surface area contributed by atoms with Crippen LogP contribution in [-0.4, -0.2) is 35.0 Å². The number of halogens is 1. The minimum atomic E-state index is -0.438. The average molecular weight is 469 g/mol. The molecule has 1 atom stereocenters. The Morgan fingerprint density at radius 3 is 2.78 bits per heavy atom. The van der Waals surface area contributed by atoms with Gasteiger partial charge in [-0.2, -0.15) is 0 Å². The summed E-state index contributed by atoms with van der Waals surface area (Å²) in [6.07, 6.45) is 0.162. The summed E-state index contributed by atoms with van der Waals surface area (Å²) in [6.45, 7) is 2.14. The molecule has 0 saturated carbocycles. The second kappa shape index (κ2) is 8.41. The zero-order chi connectivity index (χ0) is 19.6. The zero-order valence-corrected chi connectivity index (χ0v) is 17.6. The summed E-state index contributed by atoms with van der Waals surface area (Å²) >= 11 is 5.96. The third-order valence-corrected chi connectivity index (χ3v) is 6.95. The Morgan fingerprint density at radius 2 is 2.11 bits per heavy atom. The summed E-state index contributed by atoms with van der Waals surface area (Å²) in [6, 6.07) is 7.41. The summed E-state index contributed by atoms with van der Waals surface area (Å²) in [4.78, 5) is 41.7. The van der Waals surface area contributed by atoms with E-state index in [2.05, 4.69) is 26.2 Å². The van der Waals surface area contributed by atoms with Crippen LogP contribution in [0.5, 0.6) is 0 Å². The molecule has 1 aromatic carbocycles. The lowest BCUT2D eigenvalue weighted by Gasteiger charge is -2.16. The van der Waals surface area contributed by atoms with Crippen molar-refractivity contribution in [3.8, 4) is 0 Å². The molecule has 27 heavy (non-hydrogen) atoms. The molecule has 142 valence electrons. The zero-order valence-electron chi connectivity index (χ0n) is 14.4. The molecular formula is C17H17BrN4O3S2. The molecule has 10 heteroatoms. The number of carbonyl (C=O) groups excluding carboxylic acids is 3. The van der Waals surface area contributed by atoms with Crippen LogP contribution >= 0.6 is 39.0 Å². The van der Waals surface area contributed by atoms with E-state index >= 15 is 0 Å². The predicted molar refractivity (Wildman–Crippen MR) is 110 cm³/mol. The van der Waals surface area contributed by atoms with E-state index in [9.17, 15) is 14.4 Å². The Hall–Kier alpha value is -1.91. The SMILES string of the molecule is Cc1nc(NC(=O)[C@@H]2CC(=O)N(c3ccc(Br)cc3)C2)sc1SCC(N)=O. The molecule has 1 aliphatic rings. The van der Waals surface area contributed by atoms with Crippen molar-refractivity contribution in [2.75, 3.05) is 22.5 Å². The first kappa shape index (κ1) is 19.8. The standard InChI is InChI=1S/C17H17BrN4O3S2/c1-9-16(26-8-13(19)23)27-17(20-9)21-15(25)10-6-14(24)22(7-10)12-4-2-11(18)3-5-12/h2-5,10H,6-8H2,1H3,(H2,19,23)(H,20,21,25)/t10-/m1/s1. The van der Waals surface area contributed by atoms with Crippen LogP contribution in [0, 0.1) is 12.8 Å². The van der Waals surface area contributed by atoms with Gasteiger partial charge in [-0.15, -0.1) is 11.8 Å². The first-order chi connectivity index (χ1) is 12.8. The topological polar surface area (TPSA) is 105 Å². The van der Waals surface area contributed by atoms with Gasteiger partial charge >= 0.3 is 0 Å². The van der Waals surface area contributed by atoms with Gasteiger partial charge in [-0.05, 0) is 31.2 Å².